The van der Waals surface area contributed by atoms with Crippen LogP contribution >= 0.6 is 0 Å². The normalized spacial score (nSPS) is 14.0. The highest BCUT2D eigenvalue weighted by atomic mass is 16.5. The number of tetrazole rings is 1. The number of aromatic nitrogens is 4. The topological polar surface area (TPSA) is 160 Å². The number of carboxylic acid groups (broad SMARTS) is 1. The molecule has 0 saturated heterocycles. The smallest absolute Gasteiger partial charge is 0.303 e. The summed E-state index contributed by atoms with van der Waals surface area (Å²) >= 11 is 0. The van der Waals surface area contributed by atoms with Gasteiger partial charge in [-0.15, -0.1) is 5.10 Å². The SMILES string of the molecule is O=C(O)CCCC(=O)N1CC(c2nnn[nH]2)Oc2c(NC(=O)c3ccc(OCCCCc4ccccc4)cc3)cccc21. The predicted molar refractivity (Wildman–Crippen MR) is 157 cm³/mol. The Morgan fingerprint density at radius 2 is 1.79 bits per heavy atom. The van der Waals surface area contributed by atoms with E-state index in [1.165, 1.54) is 10.5 Å². The van der Waals surface area contributed by atoms with Crippen LogP contribution in [0.1, 0.15) is 60.0 Å². The number of carboxylic acids is 1. The molecule has 1 aromatic heterocycles. The summed E-state index contributed by atoms with van der Waals surface area (Å²) in [5.41, 5.74) is 2.55. The first-order valence-electron chi connectivity index (χ1n) is 14.1. The number of nitrogens with one attached hydrogen (secondary N) is 2. The molecule has 4 aromatic rings. The second-order valence-electron chi connectivity index (χ2n) is 10.1. The molecule has 3 N–H and O–H groups in total. The molecule has 43 heavy (non-hydrogen) atoms. The van der Waals surface area contributed by atoms with Crippen molar-refractivity contribution in [2.75, 3.05) is 23.4 Å². The van der Waals surface area contributed by atoms with E-state index in [1.54, 1.807) is 42.5 Å². The van der Waals surface area contributed by atoms with E-state index in [0.29, 0.717) is 35.1 Å². The summed E-state index contributed by atoms with van der Waals surface area (Å²) in [7, 11) is 0. The summed E-state index contributed by atoms with van der Waals surface area (Å²) in [6.07, 6.45) is 2.32. The van der Waals surface area contributed by atoms with Gasteiger partial charge in [0.15, 0.2) is 17.7 Å². The number of carbonyl (C=O) groups excluding carboxylic acids is 2. The molecule has 1 aliphatic heterocycles. The number of carbonyl (C=O) groups is 3. The Balaban J connectivity index is 1.23. The fraction of sp³-hybridized carbons (Fsp3) is 0.290. The number of rotatable bonds is 13. The van der Waals surface area contributed by atoms with Crippen LogP contribution in [0.15, 0.2) is 72.8 Å². The lowest BCUT2D eigenvalue weighted by Gasteiger charge is -2.35. The van der Waals surface area contributed by atoms with Crippen molar-refractivity contribution in [1.82, 2.24) is 20.6 Å². The van der Waals surface area contributed by atoms with Crippen molar-refractivity contribution in [1.29, 1.82) is 0 Å². The van der Waals surface area contributed by atoms with Gasteiger partial charge in [-0.05, 0) is 78.1 Å². The Morgan fingerprint density at radius 1 is 0.977 bits per heavy atom. The Morgan fingerprint density at radius 3 is 2.53 bits per heavy atom. The number of unbranched alkanes of at least 4 members (excludes halogenated alkanes) is 1. The highest BCUT2D eigenvalue weighted by molar-refractivity contribution is 6.06. The van der Waals surface area contributed by atoms with E-state index in [2.05, 4.69) is 38.1 Å². The van der Waals surface area contributed by atoms with Crippen molar-refractivity contribution >= 4 is 29.2 Å². The highest BCUT2D eigenvalue weighted by Gasteiger charge is 2.34. The van der Waals surface area contributed by atoms with Crippen molar-refractivity contribution in [3.63, 3.8) is 0 Å². The third-order valence-electron chi connectivity index (χ3n) is 6.98. The Kier molecular flexibility index (Phi) is 9.57. The maximum absolute atomic E-state index is 13.2. The molecular formula is C31H32N6O6. The molecule has 0 saturated carbocycles. The van der Waals surface area contributed by atoms with Crippen LogP contribution in [-0.4, -0.2) is 56.7 Å². The van der Waals surface area contributed by atoms with Gasteiger partial charge in [0.05, 0.1) is 24.5 Å². The zero-order valence-electron chi connectivity index (χ0n) is 23.4. The van der Waals surface area contributed by atoms with Crippen LogP contribution in [0.25, 0.3) is 0 Å². The summed E-state index contributed by atoms with van der Waals surface area (Å²) in [6, 6.07) is 22.3. The maximum Gasteiger partial charge on any atom is 0.303 e. The molecule has 1 unspecified atom stereocenters. The van der Waals surface area contributed by atoms with Gasteiger partial charge in [0.1, 0.15) is 5.75 Å². The molecular weight excluding hydrogens is 552 g/mol. The number of ether oxygens (including phenoxy) is 2. The lowest BCUT2D eigenvalue weighted by molar-refractivity contribution is -0.137. The molecule has 2 amide bonds. The van der Waals surface area contributed by atoms with Gasteiger partial charge in [-0.3, -0.25) is 14.4 Å². The van der Waals surface area contributed by atoms with Crippen molar-refractivity contribution in [2.45, 2.75) is 44.6 Å². The standard InChI is InChI=1S/C31H32N6O6/c38-27(13-7-14-28(39)40)37-20-26(30-33-35-36-34-30)43-29-24(11-6-12-25(29)37)32-31(41)22-15-17-23(18-16-22)42-19-5-4-10-21-8-2-1-3-9-21/h1-3,6,8-9,11-12,15-18,26H,4-5,7,10,13-14,19-20H2,(H,32,41)(H,39,40)(H,33,34,35,36). The Labute approximate surface area is 248 Å². The lowest BCUT2D eigenvalue weighted by atomic mass is 10.1. The lowest BCUT2D eigenvalue weighted by Crippen LogP contribution is -2.40. The monoisotopic (exact) mass is 584 g/mol. The van der Waals surface area contributed by atoms with Gasteiger partial charge in [-0.1, -0.05) is 36.4 Å². The van der Waals surface area contributed by atoms with Crippen molar-refractivity contribution in [3.05, 3.63) is 89.7 Å². The van der Waals surface area contributed by atoms with Gasteiger partial charge < -0.3 is 24.8 Å². The van der Waals surface area contributed by atoms with Crippen molar-refractivity contribution in [2.24, 2.45) is 0 Å². The fourth-order valence-corrected chi connectivity index (χ4v) is 4.77. The highest BCUT2D eigenvalue weighted by Crippen LogP contribution is 2.43. The van der Waals surface area contributed by atoms with E-state index < -0.39 is 12.1 Å². The number of aryl methyl sites for hydroxylation is 1. The van der Waals surface area contributed by atoms with Crippen LogP contribution in [-0.2, 0) is 16.0 Å². The molecule has 5 rings (SSSR count). The van der Waals surface area contributed by atoms with E-state index in [9.17, 15) is 14.4 Å². The molecule has 0 radical (unpaired) electrons. The number of H-pyrrole nitrogens is 1. The minimum absolute atomic E-state index is 0.0329. The van der Waals surface area contributed by atoms with E-state index in [0.717, 1.165) is 19.3 Å². The molecule has 0 spiro atoms. The average Bonchev–Trinajstić information content (AvgIpc) is 3.56. The predicted octanol–water partition coefficient (Wildman–Crippen LogP) is 4.58. The van der Waals surface area contributed by atoms with Crippen LogP contribution in [0.4, 0.5) is 11.4 Å². The number of nitrogens with zero attached hydrogens (tertiary/aromatic N) is 4. The van der Waals surface area contributed by atoms with Crippen molar-refractivity contribution < 1.29 is 29.0 Å². The summed E-state index contributed by atoms with van der Waals surface area (Å²) in [4.78, 5) is 38.8. The van der Waals surface area contributed by atoms with E-state index in [4.69, 9.17) is 14.6 Å². The van der Waals surface area contributed by atoms with Crippen LogP contribution in [0.2, 0.25) is 0 Å². The van der Waals surface area contributed by atoms with Gasteiger partial charge in [0.2, 0.25) is 5.91 Å². The molecule has 2 heterocycles. The number of hydrogen-bond donors (Lipinski definition) is 3. The Bertz CT molecular complexity index is 1530. The van der Waals surface area contributed by atoms with E-state index in [-0.39, 0.29) is 43.4 Å². The minimum Gasteiger partial charge on any atom is -0.494 e. The molecule has 0 fully saturated rings. The maximum atomic E-state index is 13.2. The van der Waals surface area contributed by atoms with Gasteiger partial charge >= 0.3 is 5.97 Å². The average molecular weight is 585 g/mol. The molecule has 3 aromatic carbocycles. The first kappa shape index (κ1) is 29.2. The van der Waals surface area contributed by atoms with Crippen LogP contribution < -0.4 is 19.7 Å². The summed E-state index contributed by atoms with van der Waals surface area (Å²) in [6.45, 7) is 0.695. The summed E-state index contributed by atoms with van der Waals surface area (Å²) in [5, 5.41) is 25.6. The van der Waals surface area contributed by atoms with E-state index >= 15 is 0 Å². The van der Waals surface area contributed by atoms with Crippen LogP contribution in [0.3, 0.4) is 0 Å². The first-order chi connectivity index (χ1) is 21.0. The number of aromatic amines is 1. The van der Waals surface area contributed by atoms with Crippen LogP contribution in [0.5, 0.6) is 11.5 Å². The third kappa shape index (κ3) is 7.73. The molecule has 12 heteroatoms. The van der Waals surface area contributed by atoms with Gasteiger partial charge in [-0.2, -0.15) is 0 Å². The number of amides is 2. The van der Waals surface area contributed by atoms with Crippen LogP contribution in [0, 0.1) is 0 Å². The number of aliphatic carboxylic acids is 1. The number of para-hydroxylation sites is 1. The van der Waals surface area contributed by atoms with Crippen molar-refractivity contribution in [3.8, 4) is 11.5 Å². The second kappa shape index (κ2) is 14.1. The van der Waals surface area contributed by atoms with E-state index in [1.807, 2.05) is 18.2 Å². The largest absolute Gasteiger partial charge is 0.494 e. The van der Waals surface area contributed by atoms with Gasteiger partial charge in [0.25, 0.3) is 5.91 Å². The first-order valence-corrected chi connectivity index (χ1v) is 14.1. The summed E-state index contributed by atoms with van der Waals surface area (Å²) < 4.78 is 12.0. The zero-order valence-corrected chi connectivity index (χ0v) is 23.4. The quantitative estimate of drug-likeness (QED) is 0.191. The number of hydrogen-bond acceptors (Lipinski definition) is 8. The Hall–Kier alpha value is -5.26. The third-order valence-corrected chi connectivity index (χ3v) is 6.98. The summed E-state index contributed by atoms with van der Waals surface area (Å²) in [5.74, 6) is -0.339. The van der Waals surface area contributed by atoms with Gasteiger partial charge in [-0.25, -0.2) is 5.10 Å². The number of fused-ring (bicyclic) bond motifs is 1. The zero-order chi connectivity index (χ0) is 30.0. The molecule has 222 valence electrons. The second-order valence-corrected chi connectivity index (χ2v) is 10.1. The molecule has 12 nitrogen and oxygen atoms in total. The number of anilines is 2. The minimum atomic E-state index is -0.968. The molecule has 0 bridgehead atoms. The molecule has 1 atom stereocenters. The fourth-order valence-electron chi connectivity index (χ4n) is 4.77. The van der Waals surface area contributed by atoms with Gasteiger partial charge in [0, 0.05) is 18.4 Å². The molecule has 0 aliphatic carbocycles. The number of benzene rings is 3. The molecule has 1 aliphatic rings.